The van der Waals surface area contributed by atoms with Gasteiger partial charge in [0.25, 0.3) is 5.91 Å². The molecule has 0 aromatic heterocycles. The smallest absolute Gasteiger partial charge is 0.325 e. The van der Waals surface area contributed by atoms with Crippen LogP contribution in [0.15, 0.2) is 0 Å². The normalized spacial score (nSPS) is 21.6. The summed E-state index contributed by atoms with van der Waals surface area (Å²) in [6.45, 7) is 3.46. The summed E-state index contributed by atoms with van der Waals surface area (Å²) in [5.74, 6) is -1.63. The molecule has 3 amide bonds. The zero-order valence-electron chi connectivity index (χ0n) is 7.98. The van der Waals surface area contributed by atoms with Gasteiger partial charge in [0.1, 0.15) is 6.04 Å². The monoisotopic (exact) mass is 200 g/mol. The maximum absolute atomic E-state index is 11.2. The number of urea groups is 1. The summed E-state index contributed by atoms with van der Waals surface area (Å²) in [5.41, 5.74) is 0. The molecule has 1 saturated heterocycles. The summed E-state index contributed by atoms with van der Waals surface area (Å²) in [4.78, 5) is 34.1. The van der Waals surface area contributed by atoms with E-state index in [9.17, 15) is 14.4 Å². The number of nitrogens with zero attached hydrogens (tertiary/aromatic N) is 1. The van der Waals surface area contributed by atoms with Crippen molar-refractivity contribution in [2.24, 2.45) is 0 Å². The van der Waals surface area contributed by atoms with E-state index < -0.39 is 23.9 Å². The molecule has 1 fully saturated rings. The van der Waals surface area contributed by atoms with Crippen molar-refractivity contribution in [2.75, 3.05) is 0 Å². The third-order valence-corrected chi connectivity index (χ3v) is 2.03. The first-order valence-corrected chi connectivity index (χ1v) is 4.28. The minimum Gasteiger partial charge on any atom is -0.481 e. The Hall–Kier alpha value is -1.59. The predicted molar refractivity (Wildman–Crippen MR) is 46.6 cm³/mol. The van der Waals surface area contributed by atoms with Crippen molar-refractivity contribution in [3.05, 3.63) is 0 Å². The van der Waals surface area contributed by atoms with Crippen molar-refractivity contribution in [2.45, 2.75) is 32.4 Å². The number of carbonyl (C=O) groups is 3. The molecule has 0 saturated carbocycles. The molecule has 0 spiro atoms. The summed E-state index contributed by atoms with van der Waals surface area (Å²) in [5, 5.41) is 10.6. The Morgan fingerprint density at radius 2 is 2.14 bits per heavy atom. The molecule has 1 aliphatic rings. The first kappa shape index (κ1) is 10.5. The highest BCUT2D eigenvalue weighted by Gasteiger charge is 2.40. The highest BCUT2D eigenvalue weighted by atomic mass is 16.4. The average molecular weight is 200 g/mol. The number of carbonyl (C=O) groups excluding carboxylic acids is 2. The van der Waals surface area contributed by atoms with Crippen LogP contribution in [0.5, 0.6) is 0 Å². The summed E-state index contributed by atoms with van der Waals surface area (Å²) >= 11 is 0. The Morgan fingerprint density at radius 3 is 2.57 bits per heavy atom. The molecular formula is C8H12N2O4. The van der Waals surface area contributed by atoms with E-state index in [0.717, 1.165) is 0 Å². The number of nitrogens with one attached hydrogen (secondary N) is 1. The van der Waals surface area contributed by atoms with E-state index in [4.69, 9.17) is 5.11 Å². The molecule has 0 aliphatic carbocycles. The molecule has 0 aromatic carbocycles. The Bertz CT molecular complexity index is 287. The highest BCUT2D eigenvalue weighted by Crippen LogP contribution is 2.15. The van der Waals surface area contributed by atoms with E-state index >= 15 is 0 Å². The van der Waals surface area contributed by atoms with E-state index in [0.29, 0.717) is 0 Å². The average Bonchev–Trinajstić information content (AvgIpc) is 2.25. The lowest BCUT2D eigenvalue weighted by Gasteiger charge is -2.24. The number of hydrogen-bond donors (Lipinski definition) is 2. The van der Waals surface area contributed by atoms with Crippen molar-refractivity contribution in [3.8, 4) is 0 Å². The first-order valence-electron chi connectivity index (χ1n) is 4.28. The second-order valence-corrected chi connectivity index (χ2v) is 3.41. The van der Waals surface area contributed by atoms with Crippen LogP contribution in [0.4, 0.5) is 4.79 Å². The molecule has 6 nitrogen and oxygen atoms in total. The van der Waals surface area contributed by atoms with Crippen LogP contribution in [0.25, 0.3) is 0 Å². The fourth-order valence-corrected chi connectivity index (χ4v) is 1.47. The molecule has 1 aliphatic heterocycles. The van der Waals surface area contributed by atoms with Gasteiger partial charge in [-0.1, -0.05) is 0 Å². The van der Waals surface area contributed by atoms with Crippen LogP contribution in [0.1, 0.15) is 20.3 Å². The van der Waals surface area contributed by atoms with E-state index in [1.54, 1.807) is 13.8 Å². The summed E-state index contributed by atoms with van der Waals surface area (Å²) in [7, 11) is 0. The molecule has 14 heavy (non-hydrogen) atoms. The van der Waals surface area contributed by atoms with Gasteiger partial charge in [-0.05, 0) is 13.8 Å². The molecule has 1 heterocycles. The van der Waals surface area contributed by atoms with Gasteiger partial charge in [-0.15, -0.1) is 0 Å². The van der Waals surface area contributed by atoms with Crippen LogP contribution in [0.2, 0.25) is 0 Å². The van der Waals surface area contributed by atoms with Gasteiger partial charge < -0.3 is 10.0 Å². The molecule has 0 bridgehead atoms. The van der Waals surface area contributed by atoms with Crippen molar-refractivity contribution in [1.29, 1.82) is 0 Å². The number of rotatable bonds is 3. The van der Waals surface area contributed by atoms with Gasteiger partial charge >= 0.3 is 12.0 Å². The highest BCUT2D eigenvalue weighted by molar-refractivity contribution is 6.05. The Kier molecular flexibility index (Phi) is 2.73. The Labute approximate surface area is 80.9 Å². The van der Waals surface area contributed by atoms with Gasteiger partial charge in [0, 0.05) is 6.04 Å². The van der Waals surface area contributed by atoms with E-state index in [1.165, 1.54) is 4.90 Å². The van der Waals surface area contributed by atoms with E-state index in [1.807, 2.05) is 0 Å². The molecule has 0 radical (unpaired) electrons. The predicted octanol–water partition coefficient (Wildman–Crippen LogP) is -0.210. The maximum atomic E-state index is 11.2. The lowest BCUT2D eigenvalue weighted by Crippen LogP contribution is -2.41. The fourth-order valence-electron chi connectivity index (χ4n) is 1.47. The summed E-state index contributed by atoms with van der Waals surface area (Å²) in [6.07, 6.45) is -0.351. The topological polar surface area (TPSA) is 86.7 Å². The van der Waals surface area contributed by atoms with E-state index in [-0.39, 0.29) is 12.5 Å². The van der Waals surface area contributed by atoms with Crippen LogP contribution >= 0.6 is 0 Å². The minimum atomic E-state index is -1.09. The van der Waals surface area contributed by atoms with Crippen LogP contribution in [-0.4, -0.2) is 40.0 Å². The van der Waals surface area contributed by atoms with Crippen LogP contribution in [0, 0.1) is 0 Å². The number of hydrogen-bond acceptors (Lipinski definition) is 3. The molecule has 78 valence electrons. The van der Waals surface area contributed by atoms with Crippen molar-refractivity contribution >= 4 is 17.9 Å². The summed E-state index contributed by atoms with van der Waals surface area (Å²) in [6, 6.07) is -1.58. The molecular weight excluding hydrogens is 188 g/mol. The molecule has 1 atom stereocenters. The number of carboxylic acid groups (broad SMARTS) is 1. The second kappa shape index (κ2) is 3.65. The lowest BCUT2D eigenvalue weighted by molar-refractivity contribution is -0.140. The molecule has 2 N–H and O–H groups in total. The standard InChI is InChI=1S/C8H12N2O4/c1-4(2)10-5(3-6(11)12)7(13)9-8(10)14/h4-5H,3H2,1-2H3,(H,11,12)(H,9,13,14)/t5-/m0/s1. The van der Waals surface area contributed by atoms with Crippen molar-refractivity contribution in [1.82, 2.24) is 10.2 Å². The van der Waals surface area contributed by atoms with Gasteiger partial charge in [0.05, 0.1) is 6.42 Å². The number of aliphatic carboxylic acids is 1. The van der Waals surface area contributed by atoms with Crippen LogP contribution < -0.4 is 5.32 Å². The molecule has 0 unspecified atom stereocenters. The largest absolute Gasteiger partial charge is 0.481 e. The van der Waals surface area contributed by atoms with Gasteiger partial charge in [-0.25, -0.2) is 4.79 Å². The van der Waals surface area contributed by atoms with Crippen LogP contribution in [-0.2, 0) is 9.59 Å². The SMILES string of the molecule is CC(C)N1C(=O)NC(=O)[C@@H]1CC(=O)O. The molecule has 1 rings (SSSR count). The van der Waals surface area contributed by atoms with Crippen molar-refractivity contribution in [3.63, 3.8) is 0 Å². The van der Waals surface area contributed by atoms with E-state index in [2.05, 4.69) is 5.32 Å². The number of amides is 3. The fraction of sp³-hybridized carbons (Fsp3) is 0.625. The Balaban J connectivity index is 2.83. The van der Waals surface area contributed by atoms with Gasteiger partial charge in [0.2, 0.25) is 0 Å². The number of carboxylic acids is 1. The minimum absolute atomic E-state index is 0.189. The lowest BCUT2D eigenvalue weighted by atomic mass is 10.1. The van der Waals surface area contributed by atoms with Gasteiger partial charge in [-0.2, -0.15) is 0 Å². The third kappa shape index (κ3) is 1.84. The maximum Gasteiger partial charge on any atom is 0.325 e. The molecule has 0 aromatic rings. The zero-order chi connectivity index (χ0) is 10.9. The number of imide groups is 1. The Morgan fingerprint density at radius 1 is 1.57 bits per heavy atom. The quantitative estimate of drug-likeness (QED) is 0.617. The zero-order valence-corrected chi connectivity index (χ0v) is 7.98. The van der Waals surface area contributed by atoms with Gasteiger partial charge in [-0.3, -0.25) is 14.9 Å². The van der Waals surface area contributed by atoms with Crippen LogP contribution in [0.3, 0.4) is 0 Å². The second-order valence-electron chi connectivity index (χ2n) is 3.41. The van der Waals surface area contributed by atoms with Gasteiger partial charge in [0.15, 0.2) is 0 Å². The van der Waals surface area contributed by atoms with Crippen molar-refractivity contribution < 1.29 is 19.5 Å². The molecule has 6 heteroatoms. The third-order valence-electron chi connectivity index (χ3n) is 2.03. The first-order chi connectivity index (χ1) is 6.43. The summed E-state index contributed by atoms with van der Waals surface area (Å²) < 4.78 is 0.